The molecule has 1 fully saturated rings. The molecule has 0 aromatic carbocycles. The van der Waals surface area contributed by atoms with E-state index >= 15 is 4.39 Å². The van der Waals surface area contributed by atoms with Gasteiger partial charge in [-0.3, -0.25) is 19.9 Å². The topological polar surface area (TPSA) is 128 Å². The van der Waals surface area contributed by atoms with Crippen molar-refractivity contribution in [3.8, 4) is 22.8 Å². The van der Waals surface area contributed by atoms with Crippen molar-refractivity contribution in [2.45, 2.75) is 40.0 Å². The van der Waals surface area contributed by atoms with Crippen molar-refractivity contribution in [3.05, 3.63) is 42.7 Å². The molecule has 1 saturated heterocycles. The van der Waals surface area contributed by atoms with Gasteiger partial charge in [0.1, 0.15) is 16.9 Å². The molecule has 0 saturated carbocycles. The fourth-order valence-corrected chi connectivity index (χ4v) is 4.67. The van der Waals surface area contributed by atoms with Crippen LogP contribution in [0, 0.1) is 11.2 Å². The molecule has 0 bridgehead atoms. The molecule has 5 aromatic heterocycles. The number of halogens is 1. The van der Waals surface area contributed by atoms with E-state index in [1.54, 1.807) is 12.3 Å². The Hall–Kier alpha value is -4.41. The fraction of sp³-hybridized carbons (Fsp3) is 0.333. The van der Waals surface area contributed by atoms with Crippen LogP contribution in [0.2, 0.25) is 0 Å². The van der Waals surface area contributed by atoms with E-state index < -0.39 is 11.2 Å². The first-order valence-electron chi connectivity index (χ1n) is 12.7. The van der Waals surface area contributed by atoms with Gasteiger partial charge >= 0.3 is 0 Å². The molecule has 6 heterocycles. The first-order valence-corrected chi connectivity index (χ1v) is 12.7. The third-order valence-corrected chi connectivity index (χ3v) is 6.76. The molecule has 0 unspecified atom stereocenters. The third kappa shape index (κ3) is 4.23. The van der Waals surface area contributed by atoms with Crippen molar-refractivity contribution >= 4 is 39.3 Å². The number of aromatic nitrogens is 7. The Morgan fingerprint density at radius 3 is 2.66 bits per heavy atom. The zero-order chi connectivity index (χ0) is 26.4. The average molecular weight is 514 g/mol. The van der Waals surface area contributed by atoms with Gasteiger partial charge in [0.25, 0.3) is 0 Å². The third-order valence-electron chi connectivity index (χ3n) is 6.76. The lowest BCUT2D eigenvalue weighted by molar-refractivity contribution is -0.123. The van der Waals surface area contributed by atoms with E-state index in [9.17, 15) is 4.79 Å². The van der Waals surface area contributed by atoms with Crippen LogP contribution in [0.3, 0.4) is 0 Å². The van der Waals surface area contributed by atoms with Crippen LogP contribution in [0.1, 0.15) is 40.0 Å². The summed E-state index contributed by atoms with van der Waals surface area (Å²) >= 11 is 0. The van der Waals surface area contributed by atoms with Crippen molar-refractivity contribution in [2.24, 2.45) is 5.41 Å². The van der Waals surface area contributed by atoms with Crippen LogP contribution in [0.5, 0.6) is 0 Å². The van der Waals surface area contributed by atoms with Gasteiger partial charge in [0, 0.05) is 36.5 Å². The number of hydrogen-bond donors (Lipinski definition) is 3. The molecule has 0 aliphatic carbocycles. The second-order valence-corrected chi connectivity index (χ2v) is 10.6. The quantitative estimate of drug-likeness (QED) is 0.306. The molecule has 10 nitrogen and oxygen atoms in total. The first kappa shape index (κ1) is 24.0. The minimum atomic E-state index is -0.583. The van der Waals surface area contributed by atoms with Gasteiger partial charge in [-0.2, -0.15) is 5.10 Å². The van der Waals surface area contributed by atoms with E-state index in [1.165, 1.54) is 25.0 Å². The second-order valence-electron chi connectivity index (χ2n) is 10.6. The lowest BCUT2D eigenvalue weighted by atomic mass is 9.95. The van der Waals surface area contributed by atoms with Crippen LogP contribution in [0.25, 0.3) is 44.7 Å². The normalized spacial score (nSPS) is 14.4. The van der Waals surface area contributed by atoms with Crippen molar-refractivity contribution in [1.82, 2.24) is 35.1 Å². The zero-order valence-corrected chi connectivity index (χ0v) is 21.5. The van der Waals surface area contributed by atoms with Crippen LogP contribution in [0.15, 0.2) is 36.9 Å². The van der Waals surface area contributed by atoms with Crippen LogP contribution < -0.4 is 10.2 Å². The van der Waals surface area contributed by atoms with Gasteiger partial charge in [0.15, 0.2) is 17.5 Å². The predicted octanol–water partition coefficient (Wildman–Crippen LogP) is 5.07. The summed E-state index contributed by atoms with van der Waals surface area (Å²) in [6.07, 6.45) is 9.80. The Kier molecular flexibility index (Phi) is 5.77. The van der Waals surface area contributed by atoms with E-state index in [-0.39, 0.29) is 17.0 Å². The molecule has 3 N–H and O–H groups in total. The number of carbonyl (C=O) groups excluding carboxylic acids is 1. The van der Waals surface area contributed by atoms with Crippen LogP contribution in [-0.2, 0) is 4.79 Å². The number of aromatic amines is 2. The van der Waals surface area contributed by atoms with Crippen LogP contribution in [0.4, 0.5) is 15.9 Å². The molecule has 38 heavy (non-hydrogen) atoms. The predicted molar refractivity (Wildman–Crippen MR) is 144 cm³/mol. The summed E-state index contributed by atoms with van der Waals surface area (Å²) < 4.78 is 16.0. The molecule has 0 radical (unpaired) electrons. The van der Waals surface area contributed by atoms with Gasteiger partial charge in [0.2, 0.25) is 5.91 Å². The molecule has 5 aromatic rings. The summed E-state index contributed by atoms with van der Waals surface area (Å²) in [5.41, 5.74) is 2.77. The highest BCUT2D eigenvalue weighted by atomic mass is 19.1. The maximum atomic E-state index is 16.0. The average Bonchev–Trinajstić information content (AvgIpc) is 3.54. The Labute approximate surface area is 218 Å². The maximum absolute atomic E-state index is 16.0. The van der Waals surface area contributed by atoms with Gasteiger partial charge < -0.3 is 15.2 Å². The largest absolute Gasteiger partial charge is 0.355 e. The highest BCUT2D eigenvalue weighted by Crippen LogP contribution is 2.34. The molecule has 6 rings (SSSR count). The molecule has 0 spiro atoms. The summed E-state index contributed by atoms with van der Waals surface area (Å²) in [6, 6.07) is 3.52. The van der Waals surface area contributed by atoms with Crippen molar-refractivity contribution in [2.75, 3.05) is 23.3 Å². The Morgan fingerprint density at radius 2 is 1.87 bits per heavy atom. The molecule has 1 aliphatic heterocycles. The van der Waals surface area contributed by atoms with E-state index in [2.05, 4.69) is 40.3 Å². The monoisotopic (exact) mass is 513 g/mol. The second kappa shape index (κ2) is 9.16. The lowest BCUT2D eigenvalue weighted by Crippen LogP contribution is -2.30. The highest BCUT2D eigenvalue weighted by molar-refractivity contribution is 5.97. The number of pyridine rings is 3. The number of amides is 1. The van der Waals surface area contributed by atoms with Gasteiger partial charge in [-0.15, -0.1) is 0 Å². The van der Waals surface area contributed by atoms with E-state index in [0.29, 0.717) is 28.3 Å². The molecule has 0 atom stereocenters. The first-order chi connectivity index (χ1) is 18.3. The number of anilines is 2. The van der Waals surface area contributed by atoms with Crippen molar-refractivity contribution < 1.29 is 9.18 Å². The smallest absolute Gasteiger partial charge is 0.229 e. The number of nitrogens with zero attached hydrogens (tertiary/aromatic N) is 6. The zero-order valence-electron chi connectivity index (χ0n) is 21.5. The minimum Gasteiger partial charge on any atom is -0.355 e. The number of H-pyrrole nitrogens is 2. The summed E-state index contributed by atoms with van der Waals surface area (Å²) in [6.45, 7) is 7.33. The van der Waals surface area contributed by atoms with Gasteiger partial charge in [-0.05, 0) is 31.4 Å². The standard InChI is InChI=1S/C27H28FN9O/c1-27(2,3)26(38)32-16-11-15(12-29-13-16)21-20(28)19-18(14-31-21)35-36-23(19)24-33-17-7-8-30-25(22(17)34-24)37-9-5-4-6-10-37/h7-8,11-14H,4-6,9-10H2,1-3H3,(H,32,38)(H,33,34)(H,35,36). The number of fused-ring (bicyclic) bond motifs is 2. The number of carbonyl (C=O) groups is 1. The lowest BCUT2D eigenvalue weighted by Gasteiger charge is -2.27. The number of piperidine rings is 1. The van der Waals surface area contributed by atoms with Crippen LogP contribution >= 0.6 is 0 Å². The Bertz CT molecular complexity index is 1660. The summed E-state index contributed by atoms with van der Waals surface area (Å²) in [4.78, 5) is 35.9. The maximum Gasteiger partial charge on any atom is 0.229 e. The van der Waals surface area contributed by atoms with Crippen molar-refractivity contribution in [1.29, 1.82) is 0 Å². The SMILES string of the molecule is CC(C)(C)C(=O)Nc1cncc(-c2ncc3[nH]nc(-c4nc5c(N6CCCCC6)nccc5[nH]4)c3c2F)c1. The number of imidazole rings is 1. The number of nitrogens with one attached hydrogen (secondary N) is 3. The Balaban J connectivity index is 1.41. The van der Waals surface area contributed by atoms with Gasteiger partial charge in [-0.1, -0.05) is 20.8 Å². The number of rotatable bonds is 4. The van der Waals surface area contributed by atoms with Crippen molar-refractivity contribution in [3.63, 3.8) is 0 Å². The molecule has 1 amide bonds. The van der Waals surface area contributed by atoms with E-state index in [4.69, 9.17) is 4.98 Å². The highest BCUT2D eigenvalue weighted by Gasteiger charge is 2.24. The summed E-state index contributed by atoms with van der Waals surface area (Å²) in [5, 5.41) is 10.4. The Morgan fingerprint density at radius 1 is 1.05 bits per heavy atom. The fourth-order valence-electron chi connectivity index (χ4n) is 4.67. The molecule has 1 aliphatic rings. The van der Waals surface area contributed by atoms with Crippen LogP contribution in [-0.4, -0.2) is 54.1 Å². The van der Waals surface area contributed by atoms with E-state index in [0.717, 1.165) is 42.8 Å². The van der Waals surface area contributed by atoms with Gasteiger partial charge in [0.05, 0.1) is 34.5 Å². The summed E-state index contributed by atoms with van der Waals surface area (Å²) in [7, 11) is 0. The van der Waals surface area contributed by atoms with Gasteiger partial charge in [-0.25, -0.2) is 14.4 Å². The van der Waals surface area contributed by atoms with E-state index in [1.807, 2.05) is 26.8 Å². The molecule has 11 heteroatoms. The number of hydrogen-bond acceptors (Lipinski definition) is 7. The minimum absolute atomic E-state index is 0.103. The summed E-state index contributed by atoms with van der Waals surface area (Å²) in [5.74, 6) is 0.549. The molecular weight excluding hydrogens is 485 g/mol. The molecular formula is C27H28FN9O. The molecule has 194 valence electrons.